The van der Waals surface area contributed by atoms with Gasteiger partial charge in [0.2, 0.25) is 5.91 Å². The topological polar surface area (TPSA) is 64.4 Å². The number of carbonyl (C=O) groups is 1. The molecule has 0 spiro atoms. The molecule has 0 aliphatic carbocycles. The standard InChI is InChI=1S/C15H22N2O2/c1-11-9-13(7-8-19-11)17-15(18)10-14(16)12-5-3-2-4-6-12/h2-6,11,13-14H,7-10,16H2,1H3,(H,17,18). The molecule has 19 heavy (non-hydrogen) atoms. The van der Waals surface area contributed by atoms with Gasteiger partial charge in [-0.05, 0) is 25.3 Å². The summed E-state index contributed by atoms with van der Waals surface area (Å²) < 4.78 is 5.46. The Kier molecular flexibility index (Phi) is 4.93. The van der Waals surface area contributed by atoms with E-state index in [2.05, 4.69) is 5.32 Å². The molecule has 1 aromatic carbocycles. The van der Waals surface area contributed by atoms with Crippen LogP contribution in [-0.4, -0.2) is 24.7 Å². The van der Waals surface area contributed by atoms with Crippen molar-refractivity contribution in [1.29, 1.82) is 0 Å². The summed E-state index contributed by atoms with van der Waals surface area (Å²) in [4.78, 5) is 12.0. The maximum absolute atomic E-state index is 12.0. The highest BCUT2D eigenvalue weighted by Gasteiger charge is 2.21. The van der Waals surface area contributed by atoms with Crippen molar-refractivity contribution in [1.82, 2.24) is 5.32 Å². The first kappa shape index (κ1) is 14.0. The van der Waals surface area contributed by atoms with Crippen LogP contribution in [0, 0.1) is 0 Å². The van der Waals surface area contributed by atoms with Crippen LogP contribution < -0.4 is 11.1 Å². The van der Waals surface area contributed by atoms with E-state index in [0.29, 0.717) is 6.42 Å². The second kappa shape index (κ2) is 6.68. The number of benzene rings is 1. The Morgan fingerprint density at radius 3 is 2.89 bits per heavy atom. The van der Waals surface area contributed by atoms with Gasteiger partial charge in [0.25, 0.3) is 0 Å². The summed E-state index contributed by atoms with van der Waals surface area (Å²) in [7, 11) is 0. The van der Waals surface area contributed by atoms with Crippen LogP contribution in [0.3, 0.4) is 0 Å². The fraction of sp³-hybridized carbons (Fsp3) is 0.533. The summed E-state index contributed by atoms with van der Waals surface area (Å²) in [5.74, 6) is 0.0236. The summed E-state index contributed by atoms with van der Waals surface area (Å²) in [6, 6.07) is 9.71. The van der Waals surface area contributed by atoms with Crippen LogP contribution in [0.15, 0.2) is 30.3 Å². The molecule has 3 unspecified atom stereocenters. The van der Waals surface area contributed by atoms with E-state index < -0.39 is 0 Å². The predicted molar refractivity (Wildman–Crippen MR) is 74.6 cm³/mol. The molecule has 3 N–H and O–H groups in total. The van der Waals surface area contributed by atoms with Crippen LogP contribution >= 0.6 is 0 Å². The summed E-state index contributed by atoms with van der Waals surface area (Å²) in [6.07, 6.45) is 2.32. The van der Waals surface area contributed by atoms with E-state index in [1.54, 1.807) is 0 Å². The molecular weight excluding hydrogens is 240 g/mol. The van der Waals surface area contributed by atoms with Gasteiger partial charge in [0, 0.05) is 25.1 Å². The monoisotopic (exact) mass is 262 g/mol. The molecule has 104 valence electrons. The molecule has 1 fully saturated rings. The summed E-state index contributed by atoms with van der Waals surface area (Å²) >= 11 is 0. The van der Waals surface area contributed by atoms with Crippen molar-refractivity contribution in [3.63, 3.8) is 0 Å². The number of hydrogen-bond acceptors (Lipinski definition) is 3. The Hall–Kier alpha value is -1.39. The molecule has 1 heterocycles. The first-order valence-corrected chi connectivity index (χ1v) is 6.86. The van der Waals surface area contributed by atoms with Crippen LogP contribution in [0.4, 0.5) is 0 Å². The van der Waals surface area contributed by atoms with Crippen molar-refractivity contribution in [2.75, 3.05) is 6.61 Å². The van der Waals surface area contributed by atoms with Gasteiger partial charge in [0.15, 0.2) is 0 Å². The normalized spacial score (nSPS) is 24.7. The minimum absolute atomic E-state index is 0.0236. The minimum atomic E-state index is -0.238. The molecule has 0 aromatic heterocycles. The maximum Gasteiger partial charge on any atom is 0.222 e. The molecule has 4 nitrogen and oxygen atoms in total. The fourth-order valence-electron chi connectivity index (χ4n) is 2.43. The molecule has 0 saturated carbocycles. The van der Waals surface area contributed by atoms with Crippen LogP contribution in [0.25, 0.3) is 0 Å². The number of hydrogen-bond donors (Lipinski definition) is 2. The van der Waals surface area contributed by atoms with Crippen LogP contribution in [-0.2, 0) is 9.53 Å². The largest absolute Gasteiger partial charge is 0.378 e. The minimum Gasteiger partial charge on any atom is -0.378 e. The lowest BCUT2D eigenvalue weighted by molar-refractivity contribution is -0.123. The Morgan fingerprint density at radius 2 is 2.21 bits per heavy atom. The van der Waals surface area contributed by atoms with E-state index in [1.165, 1.54) is 0 Å². The second-order valence-electron chi connectivity index (χ2n) is 5.19. The van der Waals surface area contributed by atoms with Gasteiger partial charge in [0.05, 0.1) is 6.10 Å². The van der Waals surface area contributed by atoms with Crippen LogP contribution in [0.2, 0.25) is 0 Å². The Bertz CT molecular complexity index is 408. The van der Waals surface area contributed by atoms with E-state index >= 15 is 0 Å². The quantitative estimate of drug-likeness (QED) is 0.869. The highest BCUT2D eigenvalue weighted by Crippen LogP contribution is 2.16. The molecule has 3 atom stereocenters. The van der Waals surface area contributed by atoms with Gasteiger partial charge in [-0.2, -0.15) is 0 Å². The van der Waals surface area contributed by atoms with Gasteiger partial charge in [-0.15, -0.1) is 0 Å². The van der Waals surface area contributed by atoms with Crippen molar-refractivity contribution in [2.24, 2.45) is 5.73 Å². The van der Waals surface area contributed by atoms with Gasteiger partial charge < -0.3 is 15.8 Å². The van der Waals surface area contributed by atoms with E-state index in [9.17, 15) is 4.79 Å². The lowest BCUT2D eigenvalue weighted by Crippen LogP contribution is -2.42. The fourth-order valence-corrected chi connectivity index (χ4v) is 2.43. The van der Waals surface area contributed by atoms with Gasteiger partial charge in [0.1, 0.15) is 0 Å². The second-order valence-corrected chi connectivity index (χ2v) is 5.19. The molecule has 2 rings (SSSR count). The molecule has 0 bridgehead atoms. The molecular formula is C15H22N2O2. The van der Waals surface area contributed by atoms with Crippen LogP contribution in [0.5, 0.6) is 0 Å². The molecule has 1 saturated heterocycles. The number of ether oxygens (including phenoxy) is 1. The van der Waals surface area contributed by atoms with Crippen molar-refractivity contribution in [3.05, 3.63) is 35.9 Å². The molecule has 1 aliphatic rings. The van der Waals surface area contributed by atoms with Crippen LogP contribution in [0.1, 0.15) is 37.8 Å². The van der Waals surface area contributed by atoms with Crippen molar-refractivity contribution in [2.45, 2.75) is 44.4 Å². The first-order chi connectivity index (χ1) is 9.15. The number of nitrogens with one attached hydrogen (secondary N) is 1. The zero-order valence-corrected chi connectivity index (χ0v) is 11.3. The average molecular weight is 262 g/mol. The number of amides is 1. The van der Waals surface area contributed by atoms with Gasteiger partial charge in [-0.1, -0.05) is 30.3 Å². The lowest BCUT2D eigenvalue weighted by Gasteiger charge is -2.28. The number of carbonyl (C=O) groups excluding carboxylic acids is 1. The van der Waals surface area contributed by atoms with Gasteiger partial charge in [-0.25, -0.2) is 0 Å². The summed E-state index contributed by atoms with van der Waals surface area (Å²) in [6.45, 7) is 2.75. The van der Waals surface area contributed by atoms with E-state index in [4.69, 9.17) is 10.5 Å². The Balaban J connectivity index is 1.81. The van der Waals surface area contributed by atoms with E-state index in [1.807, 2.05) is 37.3 Å². The maximum atomic E-state index is 12.0. The summed E-state index contributed by atoms with van der Waals surface area (Å²) in [5, 5.41) is 3.05. The molecule has 1 aromatic rings. The third-order valence-electron chi connectivity index (χ3n) is 3.48. The average Bonchev–Trinajstić information content (AvgIpc) is 2.39. The SMILES string of the molecule is CC1CC(NC(=O)CC(N)c2ccccc2)CCO1. The Labute approximate surface area is 114 Å². The zero-order valence-electron chi connectivity index (χ0n) is 11.3. The molecule has 0 radical (unpaired) electrons. The zero-order chi connectivity index (χ0) is 13.7. The predicted octanol–water partition coefficient (Wildman–Crippen LogP) is 1.76. The van der Waals surface area contributed by atoms with Gasteiger partial charge in [-0.3, -0.25) is 4.79 Å². The van der Waals surface area contributed by atoms with Gasteiger partial charge >= 0.3 is 0 Å². The third-order valence-corrected chi connectivity index (χ3v) is 3.48. The highest BCUT2D eigenvalue weighted by atomic mass is 16.5. The van der Waals surface area contributed by atoms with Crippen molar-refractivity contribution >= 4 is 5.91 Å². The number of nitrogens with two attached hydrogens (primary N) is 1. The molecule has 1 amide bonds. The van der Waals surface area contributed by atoms with Crippen molar-refractivity contribution < 1.29 is 9.53 Å². The van der Waals surface area contributed by atoms with E-state index in [0.717, 1.165) is 25.0 Å². The smallest absolute Gasteiger partial charge is 0.222 e. The lowest BCUT2D eigenvalue weighted by atomic mass is 10.0. The van der Waals surface area contributed by atoms with E-state index in [-0.39, 0.29) is 24.1 Å². The summed E-state index contributed by atoms with van der Waals surface area (Å²) in [5.41, 5.74) is 7.04. The Morgan fingerprint density at radius 1 is 1.47 bits per heavy atom. The molecule has 4 heteroatoms. The third kappa shape index (κ3) is 4.33. The number of rotatable bonds is 4. The highest BCUT2D eigenvalue weighted by molar-refractivity contribution is 5.77. The molecule has 1 aliphatic heterocycles. The first-order valence-electron chi connectivity index (χ1n) is 6.86. The van der Waals surface area contributed by atoms with Crippen molar-refractivity contribution in [3.8, 4) is 0 Å².